The lowest BCUT2D eigenvalue weighted by atomic mass is 9.77. The molecule has 4 aliphatic rings. The van der Waals surface area contributed by atoms with Crippen LogP contribution in [0.3, 0.4) is 0 Å². The third kappa shape index (κ3) is 1.45. The van der Waals surface area contributed by atoms with Crippen molar-refractivity contribution in [3.63, 3.8) is 0 Å². The number of nitrogens with one attached hydrogen (secondary N) is 1. The third-order valence-corrected chi connectivity index (χ3v) is 5.22. The van der Waals surface area contributed by atoms with Gasteiger partial charge in [0, 0.05) is 17.2 Å². The maximum atomic E-state index is 5.84. The Morgan fingerprint density at radius 2 is 1.70 bits per heavy atom. The maximum absolute atomic E-state index is 5.84. The number of rotatable bonds is 0. The number of hydrogen-bond acceptors (Lipinski definition) is 5. The summed E-state index contributed by atoms with van der Waals surface area (Å²) in [6.45, 7) is 1.56. The molecule has 1 N–H and O–H groups in total. The Kier molecular flexibility index (Phi) is 2.16. The minimum absolute atomic E-state index is 0.280. The highest BCUT2D eigenvalue weighted by Crippen LogP contribution is 2.56. The van der Waals surface area contributed by atoms with Crippen molar-refractivity contribution in [1.29, 1.82) is 0 Å². The lowest BCUT2D eigenvalue weighted by molar-refractivity contribution is 0.172. The first-order chi connectivity index (χ1) is 11.4. The zero-order chi connectivity index (χ0) is 15.0. The summed E-state index contributed by atoms with van der Waals surface area (Å²) in [7, 11) is 0. The van der Waals surface area contributed by atoms with Crippen LogP contribution in [0.5, 0.6) is 23.0 Å². The minimum atomic E-state index is 0.280. The average Bonchev–Trinajstić information content (AvgIpc) is 3.22. The van der Waals surface area contributed by atoms with Crippen molar-refractivity contribution in [3.05, 3.63) is 34.9 Å². The summed E-state index contributed by atoms with van der Waals surface area (Å²) in [5.74, 6) is 3.36. The number of fused-ring (bicyclic) bond motifs is 6. The summed E-state index contributed by atoms with van der Waals surface area (Å²) in [5.41, 5.74) is 6.23. The molecule has 0 fully saturated rings. The van der Waals surface area contributed by atoms with Gasteiger partial charge in [-0.2, -0.15) is 0 Å². The van der Waals surface area contributed by atoms with Crippen molar-refractivity contribution in [1.82, 2.24) is 5.32 Å². The van der Waals surface area contributed by atoms with Crippen LogP contribution in [0.1, 0.15) is 22.7 Å². The normalized spacial score (nSPS) is 21.8. The Morgan fingerprint density at radius 1 is 0.870 bits per heavy atom. The van der Waals surface area contributed by atoms with E-state index in [0.29, 0.717) is 6.04 Å². The Hall–Kier alpha value is -2.40. The van der Waals surface area contributed by atoms with E-state index in [-0.39, 0.29) is 13.6 Å². The van der Waals surface area contributed by atoms with E-state index in [4.69, 9.17) is 18.9 Å². The van der Waals surface area contributed by atoms with E-state index >= 15 is 0 Å². The van der Waals surface area contributed by atoms with Gasteiger partial charge in [0.2, 0.25) is 13.6 Å². The highest BCUT2D eigenvalue weighted by molar-refractivity contribution is 5.89. The molecule has 3 aliphatic heterocycles. The van der Waals surface area contributed by atoms with Gasteiger partial charge in [-0.05, 0) is 48.2 Å². The van der Waals surface area contributed by atoms with Crippen LogP contribution in [0.15, 0.2) is 18.2 Å². The monoisotopic (exact) mass is 309 g/mol. The molecule has 0 amide bonds. The summed E-state index contributed by atoms with van der Waals surface area (Å²) in [6, 6.07) is 6.64. The first kappa shape index (κ1) is 12.1. The fourth-order valence-corrected chi connectivity index (χ4v) is 4.30. The molecule has 3 heterocycles. The van der Waals surface area contributed by atoms with Crippen LogP contribution < -0.4 is 24.3 Å². The van der Waals surface area contributed by atoms with Gasteiger partial charge in [-0.3, -0.25) is 0 Å². The first-order valence-corrected chi connectivity index (χ1v) is 8.01. The molecule has 0 saturated heterocycles. The molecule has 23 heavy (non-hydrogen) atoms. The molecule has 1 aliphatic carbocycles. The second kappa shape index (κ2) is 4.11. The van der Waals surface area contributed by atoms with Gasteiger partial charge in [0.25, 0.3) is 0 Å². The standard InChI is InChI=1S/C18H15NO4/c1-2-12-17(22-7-20-12)15-9(1)5-11-14-10(3-4-19-11)6-13-18(16(14)15)23-8-21-13/h1-2,6,11,19H,3-5,7-8H2/t11-/m1/s1. The molecule has 5 nitrogen and oxygen atoms in total. The summed E-state index contributed by atoms with van der Waals surface area (Å²) in [5, 5.41) is 3.65. The average molecular weight is 309 g/mol. The van der Waals surface area contributed by atoms with Crippen molar-refractivity contribution in [2.45, 2.75) is 18.9 Å². The van der Waals surface area contributed by atoms with Gasteiger partial charge >= 0.3 is 0 Å². The molecule has 0 radical (unpaired) electrons. The molecule has 0 unspecified atom stereocenters. The van der Waals surface area contributed by atoms with E-state index in [1.165, 1.54) is 16.7 Å². The van der Waals surface area contributed by atoms with Crippen LogP contribution in [0, 0.1) is 0 Å². The van der Waals surface area contributed by atoms with Gasteiger partial charge in [0.15, 0.2) is 23.0 Å². The van der Waals surface area contributed by atoms with E-state index in [0.717, 1.165) is 53.5 Å². The molecular weight excluding hydrogens is 294 g/mol. The predicted molar refractivity (Wildman–Crippen MR) is 82.3 cm³/mol. The van der Waals surface area contributed by atoms with Crippen molar-refractivity contribution in [2.24, 2.45) is 0 Å². The zero-order valence-electron chi connectivity index (χ0n) is 12.5. The van der Waals surface area contributed by atoms with Crippen LogP contribution >= 0.6 is 0 Å². The topological polar surface area (TPSA) is 49.0 Å². The molecule has 5 heteroatoms. The highest BCUT2D eigenvalue weighted by atomic mass is 16.7. The molecule has 1 atom stereocenters. The van der Waals surface area contributed by atoms with Gasteiger partial charge in [-0.25, -0.2) is 0 Å². The predicted octanol–water partition coefficient (Wildman–Crippen LogP) is 2.55. The maximum Gasteiger partial charge on any atom is 0.231 e. The molecule has 0 saturated carbocycles. The van der Waals surface area contributed by atoms with Crippen molar-refractivity contribution >= 4 is 0 Å². The number of ether oxygens (including phenoxy) is 4. The SMILES string of the molecule is c1cc2c(c3c1C[C@H]1NCCc4cc5c(c-3c41)OCO5)OCO2. The number of hydrogen-bond donors (Lipinski definition) is 1. The first-order valence-electron chi connectivity index (χ1n) is 8.01. The molecule has 0 spiro atoms. The van der Waals surface area contributed by atoms with Gasteiger partial charge in [0.1, 0.15) is 0 Å². The van der Waals surface area contributed by atoms with E-state index in [9.17, 15) is 0 Å². The molecule has 6 rings (SSSR count). The van der Waals surface area contributed by atoms with Crippen LogP contribution in [0.25, 0.3) is 11.1 Å². The van der Waals surface area contributed by atoms with E-state index in [2.05, 4.69) is 17.4 Å². The zero-order valence-corrected chi connectivity index (χ0v) is 12.5. The summed E-state index contributed by atoms with van der Waals surface area (Å²) < 4.78 is 22.9. The van der Waals surface area contributed by atoms with Crippen LogP contribution in [-0.2, 0) is 12.8 Å². The minimum Gasteiger partial charge on any atom is -0.454 e. The molecule has 0 bridgehead atoms. The van der Waals surface area contributed by atoms with E-state index in [1.54, 1.807) is 0 Å². The third-order valence-electron chi connectivity index (χ3n) is 5.22. The molecular formula is C18H15NO4. The van der Waals surface area contributed by atoms with Crippen molar-refractivity contribution in [2.75, 3.05) is 20.1 Å². The fraction of sp³-hybridized carbons (Fsp3) is 0.333. The smallest absolute Gasteiger partial charge is 0.231 e. The van der Waals surface area contributed by atoms with Gasteiger partial charge < -0.3 is 24.3 Å². The summed E-state index contributed by atoms with van der Waals surface area (Å²) in [4.78, 5) is 0. The Bertz CT molecular complexity index is 861. The highest BCUT2D eigenvalue weighted by Gasteiger charge is 2.38. The van der Waals surface area contributed by atoms with Crippen molar-refractivity contribution < 1.29 is 18.9 Å². The van der Waals surface area contributed by atoms with Crippen LogP contribution in [0.2, 0.25) is 0 Å². The summed E-state index contributed by atoms with van der Waals surface area (Å²) in [6.07, 6.45) is 1.98. The molecule has 116 valence electrons. The Morgan fingerprint density at radius 3 is 2.61 bits per heavy atom. The van der Waals surface area contributed by atoms with Crippen molar-refractivity contribution in [3.8, 4) is 34.1 Å². The van der Waals surface area contributed by atoms with Crippen LogP contribution in [-0.4, -0.2) is 20.1 Å². The van der Waals surface area contributed by atoms with Crippen LogP contribution in [0.4, 0.5) is 0 Å². The van der Waals surface area contributed by atoms with E-state index in [1.807, 2.05) is 6.07 Å². The molecule has 0 aromatic heterocycles. The fourth-order valence-electron chi connectivity index (χ4n) is 4.30. The lowest BCUT2D eigenvalue weighted by Crippen LogP contribution is -2.33. The molecule has 2 aromatic rings. The second-order valence-electron chi connectivity index (χ2n) is 6.35. The Labute approximate surface area is 133 Å². The Balaban J connectivity index is 1.74. The lowest BCUT2D eigenvalue weighted by Gasteiger charge is -2.35. The second-order valence-corrected chi connectivity index (χ2v) is 6.35. The van der Waals surface area contributed by atoms with E-state index < -0.39 is 0 Å². The van der Waals surface area contributed by atoms with Gasteiger partial charge in [-0.15, -0.1) is 0 Å². The largest absolute Gasteiger partial charge is 0.454 e. The quantitative estimate of drug-likeness (QED) is 0.810. The summed E-state index contributed by atoms with van der Waals surface area (Å²) >= 11 is 0. The number of benzene rings is 2. The van der Waals surface area contributed by atoms with Gasteiger partial charge in [-0.1, -0.05) is 6.07 Å². The molecule has 2 aromatic carbocycles. The van der Waals surface area contributed by atoms with Gasteiger partial charge in [0.05, 0.1) is 0 Å².